The van der Waals surface area contributed by atoms with Crippen molar-refractivity contribution < 1.29 is 13.9 Å². The molecule has 2 heterocycles. The van der Waals surface area contributed by atoms with E-state index >= 15 is 4.39 Å². The van der Waals surface area contributed by atoms with Crippen LogP contribution in [0.25, 0.3) is 11.3 Å². The zero-order valence-electron chi connectivity index (χ0n) is 17.4. The molecule has 3 saturated carbocycles. The number of benzene rings is 1. The first-order valence-corrected chi connectivity index (χ1v) is 11.3. The highest BCUT2D eigenvalue weighted by Gasteiger charge is 2.48. The number of nitrogens with one attached hydrogen (secondary N) is 1. The Bertz CT molecular complexity index is 987. The molecule has 3 aliphatic carbocycles. The minimum atomic E-state index is -0.191. The van der Waals surface area contributed by atoms with Gasteiger partial charge >= 0.3 is 0 Å². The van der Waals surface area contributed by atoms with Crippen LogP contribution in [0.1, 0.15) is 67.6 Å². The standard InChI is InChI=1S/C24H28FN3O2/c1-29-21-4-2-3-20(21)26-23-18-13-30-24(9-10-24)12-17(18)22(27-28-23)16-8-7-15(11-19(16)25)14-5-6-14/h7-8,11,14,20-21H,2-6,9-10,12-13H2,1H3,(H,26,28)/t20-,21-/m1/s1. The quantitative estimate of drug-likeness (QED) is 0.773. The predicted octanol–water partition coefficient (Wildman–Crippen LogP) is 4.74. The summed E-state index contributed by atoms with van der Waals surface area (Å²) in [5.41, 5.74) is 4.40. The molecule has 1 aliphatic heterocycles. The first-order chi connectivity index (χ1) is 14.7. The number of aromatic nitrogens is 2. The highest BCUT2D eigenvalue weighted by atomic mass is 19.1. The van der Waals surface area contributed by atoms with Gasteiger partial charge in [-0.2, -0.15) is 0 Å². The summed E-state index contributed by atoms with van der Waals surface area (Å²) in [4.78, 5) is 0. The van der Waals surface area contributed by atoms with Gasteiger partial charge in [0.15, 0.2) is 5.82 Å². The third kappa shape index (κ3) is 3.21. The summed E-state index contributed by atoms with van der Waals surface area (Å²) in [7, 11) is 1.77. The molecule has 0 radical (unpaired) electrons. The third-order valence-corrected chi connectivity index (χ3v) is 7.39. The average molecular weight is 410 g/mol. The second-order valence-electron chi connectivity index (χ2n) is 9.47. The van der Waals surface area contributed by atoms with E-state index in [0.717, 1.165) is 73.9 Å². The summed E-state index contributed by atoms with van der Waals surface area (Å²) in [6.45, 7) is 0.506. The monoisotopic (exact) mass is 409 g/mol. The summed E-state index contributed by atoms with van der Waals surface area (Å²) in [5, 5.41) is 12.6. The van der Waals surface area contributed by atoms with E-state index in [4.69, 9.17) is 9.47 Å². The molecule has 6 rings (SSSR count). The second-order valence-corrected chi connectivity index (χ2v) is 9.47. The Balaban J connectivity index is 1.39. The number of hydrogen-bond donors (Lipinski definition) is 1. The van der Waals surface area contributed by atoms with Gasteiger partial charge in [-0.25, -0.2) is 4.39 Å². The molecule has 0 saturated heterocycles. The molecule has 1 aromatic heterocycles. The lowest BCUT2D eigenvalue weighted by Gasteiger charge is -2.29. The van der Waals surface area contributed by atoms with Crippen LogP contribution < -0.4 is 5.32 Å². The minimum Gasteiger partial charge on any atom is -0.379 e. The molecule has 2 aromatic rings. The van der Waals surface area contributed by atoms with Crippen LogP contribution in [0.2, 0.25) is 0 Å². The van der Waals surface area contributed by atoms with Crippen LogP contribution in [-0.4, -0.2) is 35.1 Å². The fourth-order valence-corrected chi connectivity index (χ4v) is 5.19. The Hall–Kier alpha value is -2.05. The average Bonchev–Trinajstić information content (AvgIpc) is 3.68. The van der Waals surface area contributed by atoms with Crippen LogP contribution in [0, 0.1) is 5.82 Å². The molecule has 1 aromatic carbocycles. The maximum Gasteiger partial charge on any atom is 0.154 e. The zero-order valence-corrected chi connectivity index (χ0v) is 17.4. The van der Waals surface area contributed by atoms with Crippen LogP contribution in [0.15, 0.2) is 18.2 Å². The molecule has 30 heavy (non-hydrogen) atoms. The molecule has 5 nitrogen and oxygen atoms in total. The van der Waals surface area contributed by atoms with Gasteiger partial charge in [0.05, 0.1) is 30.0 Å². The molecule has 4 aliphatic rings. The van der Waals surface area contributed by atoms with Crippen molar-refractivity contribution in [3.8, 4) is 11.3 Å². The summed E-state index contributed by atoms with van der Waals surface area (Å²) >= 11 is 0. The van der Waals surface area contributed by atoms with Crippen LogP contribution >= 0.6 is 0 Å². The number of ether oxygens (including phenoxy) is 2. The van der Waals surface area contributed by atoms with Gasteiger partial charge in [-0.3, -0.25) is 0 Å². The summed E-state index contributed by atoms with van der Waals surface area (Å²) < 4.78 is 26.9. The van der Waals surface area contributed by atoms with Gasteiger partial charge in [-0.05, 0) is 74.1 Å². The minimum absolute atomic E-state index is 0.0745. The maximum atomic E-state index is 15.1. The Morgan fingerprint density at radius 1 is 1.13 bits per heavy atom. The molecule has 2 atom stereocenters. The topological polar surface area (TPSA) is 56.3 Å². The van der Waals surface area contributed by atoms with Crippen LogP contribution in [-0.2, 0) is 22.5 Å². The molecular formula is C24H28FN3O2. The van der Waals surface area contributed by atoms with Crippen molar-refractivity contribution in [1.29, 1.82) is 0 Å². The van der Waals surface area contributed by atoms with Crippen molar-refractivity contribution in [1.82, 2.24) is 10.2 Å². The normalized spacial score (nSPS) is 26.6. The highest BCUT2D eigenvalue weighted by molar-refractivity contribution is 5.69. The summed E-state index contributed by atoms with van der Waals surface area (Å²) in [6, 6.07) is 5.88. The number of hydrogen-bond acceptors (Lipinski definition) is 5. The van der Waals surface area contributed by atoms with Crippen molar-refractivity contribution in [2.24, 2.45) is 0 Å². The highest BCUT2D eigenvalue weighted by Crippen LogP contribution is 2.49. The summed E-state index contributed by atoms with van der Waals surface area (Å²) in [5.74, 6) is 1.11. The molecular weight excluding hydrogens is 381 g/mol. The van der Waals surface area contributed by atoms with E-state index in [2.05, 4.69) is 21.6 Å². The Kier molecular flexibility index (Phi) is 4.36. The predicted molar refractivity (Wildman–Crippen MR) is 112 cm³/mol. The first kappa shape index (κ1) is 18.7. The second kappa shape index (κ2) is 6.99. The van der Waals surface area contributed by atoms with Gasteiger partial charge in [0.25, 0.3) is 0 Å². The largest absolute Gasteiger partial charge is 0.379 e. The van der Waals surface area contributed by atoms with E-state index in [0.29, 0.717) is 23.8 Å². The molecule has 3 fully saturated rings. The molecule has 6 heteroatoms. The van der Waals surface area contributed by atoms with E-state index in [1.165, 1.54) is 0 Å². The number of methoxy groups -OCH3 is 1. The van der Waals surface area contributed by atoms with Crippen molar-refractivity contribution >= 4 is 5.82 Å². The van der Waals surface area contributed by atoms with Crippen molar-refractivity contribution in [3.05, 3.63) is 40.7 Å². The van der Waals surface area contributed by atoms with Gasteiger partial charge < -0.3 is 14.8 Å². The first-order valence-electron chi connectivity index (χ1n) is 11.3. The van der Waals surface area contributed by atoms with E-state index in [1.54, 1.807) is 13.2 Å². The fraction of sp³-hybridized carbons (Fsp3) is 0.583. The lowest BCUT2D eigenvalue weighted by Crippen LogP contribution is -2.32. The summed E-state index contributed by atoms with van der Waals surface area (Å²) in [6.07, 6.45) is 8.68. The van der Waals surface area contributed by atoms with Crippen LogP contribution in [0.4, 0.5) is 10.2 Å². The number of rotatable bonds is 5. The van der Waals surface area contributed by atoms with Crippen molar-refractivity contribution in [3.63, 3.8) is 0 Å². The number of halogens is 1. The number of fused-ring (bicyclic) bond motifs is 1. The number of nitrogens with zero attached hydrogens (tertiary/aromatic N) is 2. The van der Waals surface area contributed by atoms with Gasteiger partial charge in [-0.1, -0.05) is 6.07 Å². The molecule has 0 amide bonds. The van der Waals surface area contributed by atoms with Gasteiger partial charge in [0.2, 0.25) is 0 Å². The van der Waals surface area contributed by atoms with Crippen LogP contribution in [0.3, 0.4) is 0 Å². The Labute approximate surface area is 176 Å². The molecule has 1 spiro atoms. The fourth-order valence-electron chi connectivity index (χ4n) is 5.19. The van der Waals surface area contributed by atoms with E-state index in [9.17, 15) is 0 Å². The van der Waals surface area contributed by atoms with Gasteiger partial charge in [-0.15, -0.1) is 10.2 Å². The molecule has 1 N–H and O–H groups in total. The van der Waals surface area contributed by atoms with E-state index in [1.807, 2.05) is 6.07 Å². The van der Waals surface area contributed by atoms with E-state index < -0.39 is 0 Å². The molecule has 0 unspecified atom stereocenters. The van der Waals surface area contributed by atoms with Gasteiger partial charge in [0.1, 0.15) is 5.82 Å². The maximum absolute atomic E-state index is 15.1. The SMILES string of the molecule is CO[C@@H]1CCC[C@H]1Nc1nnc(-c2ccc(C3CC3)cc2F)c2c1COC1(CC1)C2. The lowest BCUT2D eigenvalue weighted by atomic mass is 9.92. The smallest absolute Gasteiger partial charge is 0.154 e. The van der Waals surface area contributed by atoms with E-state index in [-0.39, 0.29) is 23.6 Å². The van der Waals surface area contributed by atoms with Crippen molar-refractivity contribution in [2.45, 2.75) is 81.6 Å². The zero-order chi connectivity index (χ0) is 20.3. The number of anilines is 1. The van der Waals surface area contributed by atoms with Gasteiger partial charge in [0, 0.05) is 24.7 Å². The molecule has 0 bridgehead atoms. The van der Waals surface area contributed by atoms with Crippen molar-refractivity contribution in [2.75, 3.05) is 12.4 Å². The third-order valence-electron chi connectivity index (χ3n) is 7.39. The lowest BCUT2D eigenvalue weighted by molar-refractivity contribution is 0.00826. The van der Waals surface area contributed by atoms with Crippen LogP contribution in [0.5, 0.6) is 0 Å². The Morgan fingerprint density at radius 2 is 2.00 bits per heavy atom. The Morgan fingerprint density at radius 3 is 2.73 bits per heavy atom. The molecule has 158 valence electrons.